The smallest absolute Gasteiger partial charge is 0.387 e. The van der Waals surface area contributed by atoms with Gasteiger partial charge in [-0.2, -0.15) is 8.78 Å². The second kappa shape index (κ2) is 7.01. The highest BCUT2D eigenvalue weighted by Crippen LogP contribution is 2.47. The minimum atomic E-state index is -2.87. The SMILES string of the molecule is COc1ccc(CN[C@@H]2[C@H](C)[C@@H](OC)C2(C)C)cc1OC(F)F. The number of benzene rings is 1. The quantitative estimate of drug-likeness (QED) is 0.832. The molecular weight excluding hydrogens is 304 g/mol. The number of ether oxygens (including phenoxy) is 3. The molecule has 1 fully saturated rings. The molecule has 0 aliphatic heterocycles. The number of hydrogen-bond acceptors (Lipinski definition) is 4. The molecule has 6 heteroatoms. The van der Waals surface area contributed by atoms with Crippen LogP contribution in [0.3, 0.4) is 0 Å². The molecule has 1 aliphatic rings. The minimum absolute atomic E-state index is 0.0307. The Hall–Kier alpha value is -1.40. The second-order valence-corrected chi connectivity index (χ2v) is 6.56. The molecule has 0 aromatic heterocycles. The first-order valence-corrected chi connectivity index (χ1v) is 7.69. The van der Waals surface area contributed by atoms with E-state index in [9.17, 15) is 8.78 Å². The molecule has 130 valence electrons. The lowest BCUT2D eigenvalue weighted by atomic mass is 9.58. The van der Waals surface area contributed by atoms with Crippen LogP contribution in [0.5, 0.6) is 11.5 Å². The maximum atomic E-state index is 12.5. The third kappa shape index (κ3) is 3.58. The summed E-state index contributed by atoms with van der Waals surface area (Å²) in [5.41, 5.74) is 0.897. The zero-order chi connectivity index (χ0) is 17.2. The summed E-state index contributed by atoms with van der Waals surface area (Å²) < 4.78 is 40.0. The van der Waals surface area contributed by atoms with Crippen molar-refractivity contribution in [2.24, 2.45) is 11.3 Å². The second-order valence-electron chi connectivity index (χ2n) is 6.56. The summed E-state index contributed by atoms with van der Waals surface area (Å²) in [6, 6.07) is 5.37. The Balaban J connectivity index is 2.04. The van der Waals surface area contributed by atoms with Crippen LogP contribution in [0, 0.1) is 11.3 Å². The van der Waals surface area contributed by atoms with Crippen molar-refractivity contribution in [3.05, 3.63) is 23.8 Å². The summed E-state index contributed by atoms with van der Waals surface area (Å²) in [6.45, 7) is 4.17. The van der Waals surface area contributed by atoms with Crippen molar-refractivity contribution in [1.29, 1.82) is 0 Å². The Morgan fingerprint density at radius 1 is 1.22 bits per heavy atom. The third-order valence-electron chi connectivity index (χ3n) is 4.76. The highest BCUT2D eigenvalue weighted by Gasteiger charge is 2.54. The maximum absolute atomic E-state index is 12.5. The van der Waals surface area contributed by atoms with Crippen LogP contribution >= 0.6 is 0 Å². The molecule has 0 unspecified atom stereocenters. The topological polar surface area (TPSA) is 39.7 Å². The number of nitrogens with one attached hydrogen (secondary N) is 1. The predicted molar refractivity (Wildman–Crippen MR) is 84.0 cm³/mol. The van der Waals surface area contributed by atoms with Crippen LogP contribution in [0.15, 0.2) is 18.2 Å². The van der Waals surface area contributed by atoms with E-state index in [0.29, 0.717) is 24.3 Å². The van der Waals surface area contributed by atoms with Crippen LogP contribution in [-0.2, 0) is 11.3 Å². The predicted octanol–water partition coefficient (Wildman–Crippen LogP) is 3.45. The highest BCUT2D eigenvalue weighted by molar-refractivity contribution is 5.43. The lowest BCUT2D eigenvalue weighted by Gasteiger charge is -2.56. The minimum Gasteiger partial charge on any atom is -0.493 e. The van der Waals surface area contributed by atoms with E-state index in [0.717, 1.165) is 5.56 Å². The molecule has 0 bridgehead atoms. The van der Waals surface area contributed by atoms with Gasteiger partial charge >= 0.3 is 6.61 Å². The molecule has 0 radical (unpaired) electrons. The number of methoxy groups -OCH3 is 2. The van der Waals surface area contributed by atoms with Gasteiger partial charge in [-0.15, -0.1) is 0 Å². The van der Waals surface area contributed by atoms with Gasteiger partial charge in [-0.05, 0) is 23.6 Å². The summed E-state index contributed by atoms with van der Waals surface area (Å²) in [7, 11) is 3.16. The summed E-state index contributed by atoms with van der Waals surface area (Å²) in [5.74, 6) is 0.744. The van der Waals surface area contributed by atoms with Crippen molar-refractivity contribution < 1.29 is 23.0 Å². The van der Waals surface area contributed by atoms with Gasteiger partial charge in [0.15, 0.2) is 11.5 Å². The van der Waals surface area contributed by atoms with Crippen LogP contribution in [0.1, 0.15) is 26.3 Å². The van der Waals surface area contributed by atoms with Gasteiger partial charge in [-0.25, -0.2) is 0 Å². The Morgan fingerprint density at radius 3 is 2.43 bits per heavy atom. The molecule has 23 heavy (non-hydrogen) atoms. The lowest BCUT2D eigenvalue weighted by Crippen LogP contribution is -2.66. The van der Waals surface area contributed by atoms with E-state index in [4.69, 9.17) is 9.47 Å². The number of alkyl halides is 2. The average molecular weight is 329 g/mol. The summed E-state index contributed by atoms with van der Waals surface area (Å²) >= 11 is 0. The van der Waals surface area contributed by atoms with Crippen molar-refractivity contribution in [3.63, 3.8) is 0 Å². The van der Waals surface area contributed by atoms with Crippen molar-refractivity contribution in [2.75, 3.05) is 14.2 Å². The zero-order valence-electron chi connectivity index (χ0n) is 14.2. The molecule has 2 rings (SSSR count). The van der Waals surface area contributed by atoms with E-state index in [1.165, 1.54) is 7.11 Å². The molecule has 0 spiro atoms. The normalized spacial score (nSPS) is 26.0. The number of rotatable bonds is 7. The van der Waals surface area contributed by atoms with Crippen LogP contribution < -0.4 is 14.8 Å². The Labute approximate surface area is 136 Å². The van der Waals surface area contributed by atoms with E-state index in [1.807, 2.05) is 6.07 Å². The first-order chi connectivity index (χ1) is 10.8. The van der Waals surface area contributed by atoms with Crippen LogP contribution in [0.4, 0.5) is 8.78 Å². The van der Waals surface area contributed by atoms with Crippen molar-refractivity contribution in [3.8, 4) is 11.5 Å². The van der Waals surface area contributed by atoms with Crippen LogP contribution in [-0.4, -0.2) is 33.0 Å². The van der Waals surface area contributed by atoms with E-state index < -0.39 is 6.61 Å². The highest BCUT2D eigenvalue weighted by atomic mass is 19.3. The van der Waals surface area contributed by atoms with Crippen molar-refractivity contribution in [1.82, 2.24) is 5.32 Å². The van der Waals surface area contributed by atoms with E-state index in [-0.39, 0.29) is 17.3 Å². The molecule has 1 aromatic rings. The molecule has 1 saturated carbocycles. The van der Waals surface area contributed by atoms with Crippen molar-refractivity contribution in [2.45, 2.75) is 46.1 Å². The zero-order valence-corrected chi connectivity index (χ0v) is 14.2. The van der Waals surface area contributed by atoms with Gasteiger partial charge < -0.3 is 19.5 Å². The Morgan fingerprint density at radius 2 is 1.91 bits per heavy atom. The molecule has 3 atom stereocenters. The van der Waals surface area contributed by atoms with Gasteiger partial charge in [0.05, 0.1) is 13.2 Å². The summed E-state index contributed by atoms with van der Waals surface area (Å²) in [6.07, 6.45) is 0.216. The summed E-state index contributed by atoms with van der Waals surface area (Å²) in [5, 5.41) is 3.49. The third-order valence-corrected chi connectivity index (χ3v) is 4.76. The number of halogens is 2. The van der Waals surface area contributed by atoms with Crippen molar-refractivity contribution >= 4 is 0 Å². The standard InChI is InChI=1S/C17H25F2NO3/c1-10-14(17(2,3)15(10)22-5)20-9-11-6-7-12(21-4)13(8-11)23-16(18)19/h6-8,10,14-16,20H,9H2,1-5H3/t10-,14+,15+/m0/s1. The Bertz CT molecular complexity index is 537. The molecular formula is C17H25F2NO3. The first kappa shape index (κ1) is 17.9. The van der Waals surface area contributed by atoms with Gasteiger partial charge in [-0.3, -0.25) is 0 Å². The molecule has 1 N–H and O–H groups in total. The van der Waals surface area contributed by atoms with E-state index in [2.05, 4.69) is 30.8 Å². The first-order valence-electron chi connectivity index (χ1n) is 7.69. The molecule has 0 amide bonds. The van der Waals surface area contributed by atoms with Gasteiger partial charge in [0, 0.05) is 25.1 Å². The lowest BCUT2D eigenvalue weighted by molar-refractivity contribution is -0.145. The van der Waals surface area contributed by atoms with Gasteiger partial charge in [0.25, 0.3) is 0 Å². The largest absolute Gasteiger partial charge is 0.493 e. The van der Waals surface area contributed by atoms with E-state index in [1.54, 1.807) is 19.2 Å². The van der Waals surface area contributed by atoms with E-state index >= 15 is 0 Å². The molecule has 1 aromatic carbocycles. The van der Waals surface area contributed by atoms with Gasteiger partial charge in [0.2, 0.25) is 0 Å². The van der Waals surface area contributed by atoms with Crippen LogP contribution in [0.25, 0.3) is 0 Å². The van der Waals surface area contributed by atoms with Crippen LogP contribution in [0.2, 0.25) is 0 Å². The fourth-order valence-electron chi connectivity index (χ4n) is 3.80. The maximum Gasteiger partial charge on any atom is 0.387 e. The molecule has 4 nitrogen and oxygen atoms in total. The average Bonchev–Trinajstić information content (AvgIpc) is 2.47. The fraction of sp³-hybridized carbons (Fsp3) is 0.647. The van der Waals surface area contributed by atoms with Gasteiger partial charge in [-0.1, -0.05) is 26.8 Å². The molecule has 0 heterocycles. The molecule has 1 aliphatic carbocycles. The summed E-state index contributed by atoms with van der Waals surface area (Å²) in [4.78, 5) is 0. The number of hydrogen-bond donors (Lipinski definition) is 1. The fourth-order valence-corrected chi connectivity index (χ4v) is 3.80. The Kier molecular flexibility index (Phi) is 5.47. The monoisotopic (exact) mass is 329 g/mol. The van der Waals surface area contributed by atoms with Gasteiger partial charge in [0.1, 0.15) is 0 Å². The molecule has 0 saturated heterocycles.